The van der Waals surface area contributed by atoms with Crippen LogP contribution in [0, 0.1) is 0 Å². The number of guanidine groups is 1. The zero-order chi connectivity index (χ0) is 19.5. The lowest BCUT2D eigenvalue weighted by Crippen LogP contribution is -2.36. The van der Waals surface area contributed by atoms with Gasteiger partial charge in [-0.05, 0) is 38.0 Å². The largest absolute Gasteiger partial charge is 0.496 e. The van der Waals surface area contributed by atoms with E-state index < -0.39 is 0 Å². The summed E-state index contributed by atoms with van der Waals surface area (Å²) in [6.45, 7) is 8.87. The Morgan fingerprint density at radius 3 is 2.37 bits per heavy atom. The first-order chi connectivity index (χ1) is 13.1. The van der Waals surface area contributed by atoms with Crippen molar-refractivity contribution < 1.29 is 9.47 Å². The van der Waals surface area contributed by atoms with Crippen LogP contribution in [-0.4, -0.2) is 25.7 Å². The third-order valence-corrected chi connectivity index (χ3v) is 4.01. The van der Waals surface area contributed by atoms with Gasteiger partial charge in [0.15, 0.2) is 5.96 Å². The van der Waals surface area contributed by atoms with Crippen LogP contribution in [0.5, 0.6) is 5.75 Å². The maximum Gasteiger partial charge on any atom is 0.191 e. The van der Waals surface area contributed by atoms with Crippen LogP contribution in [0.3, 0.4) is 0 Å². The fourth-order valence-corrected chi connectivity index (χ4v) is 2.54. The molecule has 2 aromatic rings. The van der Waals surface area contributed by atoms with E-state index in [0.717, 1.165) is 29.4 Å². The average Bonchev–Trinajstić information content (AvgIpc) is 2.69. The molecule has 146 valence electrons. The van der Waals surface area contributed by atoms with E-state index in [1.165, 1.54) is 5.56 Å². The summed E-state index contributed by atoms with van der Waals surface area (Å²) in [4.78, 5) is 4.68. The van der Waals surface area contributed by atoms with Crippen molar-refractivity contribution in [2.75, 3.05) is 13.7 Å². The van der Waals surface area contributed by atoms with Crippen molar-refractivity contribution in [3.8, 4) is 5.75 Å². The number of benzene rings is 2. The van der Waals surface area contributed by atoms with Crippen LogP contribution in [0.25, 0.3) is 0 Å². The molecule has 0 amide bonds. The lowest BCUT2D eigenvalue weighted by molar-refractivity contribution is 0.0657. The van der Waals surface area contributed by atoms with Gasteiger partial charge in [0.05, 0.1) is 26.4 Å². The molecule has 2 N–H and O–H groups in total. The summed E-state index contributed by atoms with van der Waals surface area (Å²) in [5.74, 6) is 1.66. The molecule has 0 atom stereocenters. The van der Waals surface area contributed by atoms with Crippen molar-refractivity contribution in [3.63, 3.8) is 0 Å². The third-order valence-electron chi connectivity index (χ3n) is 4.01. The van der Waals surface area contributed by atoms with E-state index in [4.69, 9.17) is 9.47 Å². The number of nitrogens with zero attached hydrogens (tertiary/aromatic N) is 1. The Morgan fingerprint density at radius 2 is 1.70 bits per heavy atom. The zero-order valence-electron chi connectivity index (χ0n) is 16.8. The highest BCUT2D eigenvalue weighted by atomic mass is 16.5. The molecule has 5 nitrogen and oxygen atoms in total. The molecule has 5 heteroatoms. The molecule has 0 spiro atoms. The van der Waals surface area contributed by atoms with Crippen molar-refractivity contribution in [2.24, 2.45) is 4.99 Å². The van der Waals surface area contributed by atoms with Gasteiger partial charge in [-0.25, -0.2) is 4.99 Å². The predicted octanol–water partition coefficient (Wildman–Crippen LogP) is 3.88. The second-order valence-electron chi connectivity index (χ2n) is 6.54. The molecule has 0 heterocycles. The minimum atomic E-state index is 0.242. The minimum absolute atomic E-state index is 0.242. The van der Waals surface area contributed by atoms with E-state index in [0.29, 0.717) is 19.7 Å². The lowest BCUT2D eigenvalue weighted by atomic mass is 10.1. The predicted molar refractivity (Wildman–Crippen MR) is 111 cm³/mol. The smallest absolute Gasteiger partial charge is 0.191 e. The second-order valence-corrected chi connectivity index (χ2v) is 6.54. The highest BCUT2D eigenvalue weighted by Gasteiger charge is 2.04. The van der Waals surface area contributed by atoms with E-state index in [-0.39, 0.29) is 6.10 Å². The second kappa shape index (κ2) is 11.2. The van der Waals surface area contributed by atoms with Crippen LogP contribution in [0.15, 0.2) is 53.5 Å². The molecular weight excluding hydrogens is 338 g/mol. The van der Waals surface area contributed by atoms with Crippen molar-refractivity contribution in [1.82, 2.24) is 10.6 Å². The van der Waals surface area contributed by atoms with Crippen molar-refractivity contribution >= 4 is 5.96 Å². The standard InChI is InChI=1S/C22H31N3O2/c1-5-23-22(25-15-20-8-6-7-9-21(20)26-4)24-14-18-10-12-19(13-11-18)16-27-17(2)3/h6-13,17H,5,14-16H2,1-4H3,(H2,23,24,25). The number of ether oxygens (including phenoxy) is 2. The van der Waals surface area contributed by atoms with Gasteiger partial charge in [0, 0.05) is 18.7 Å². The van der Waals surface area contributed by atoms with Crippen molar-refractivity contribution in [1.29, 1.82) is 0 Å². The van der Waals surface area contributed by atoms with Gasteiger partial charge in [0.2, 0.25) is 0 Å². The summed E-state index contributed by atoms with van der Waals surface area (Å²) >= 11 is 0. The Morgan fingerprint density at radius 1 is 1.00 bits per heavy atom. The van der Waals surface area contributed by atoms with Crippen LogP contribution in [0.1, 0.15) is 37.5 Å². The molecule has 0 unspecified atom stereocenters. The highest BCUT2D eigenvalue weighted by molar-refractivity contribution is 5.79. The number of para-hydroxylation sites is 1. The quantitative estimate of drug-likeness (QED) is 0.520. The fourth-order valence-electron chi connectivity index (χ4n) is 2.54. The third kappa shape index (κ3) is 7.31. The van der Waals surface area contributed by atoms with Gasteiger partial charge in [0.25, 0.3) is 0 Å². The summed E-state index contributed by atoms with van der Waals surface area (Å²) in [6, 6.07) is 16.4. The molecule has 0 saturated heterocycles. The number of methoxy groups -OCH3 is 1. The van der Waals surface area contributed by atoms with Crippen molar-refractivity contribution in [2.45, 2.75) is 46.6 Å². The van der Waals surface area contributed by atoms with Crippen LogP contribution >= 0.6 is 0 Å². The summed E-state index contributed by atoms with van der Waals surface area (Å²) in [5.41, 5.74) is 3.44. The van der Waals surface area contributed by atoms with E-state index in [1.807, 2.05) is 38.1 Å². The molecule has 2 rings (SSSR count). The van der Waals surface area contributed by atoms with Crippen LogP contribution in [0.2, 0.25) is 0 Å². The molecule has 0 bridgehead atoms. The summed E-state index contributed by atoms with van der Waals surface area (Å²) < 4.78 is 11.0. The zero-order valence-corrected chi connectivity index (χ0v) is 16.8. The molecule has 0 saturated carbocycles. The first kappa shape index (κ1) is 20.8. The van der Waals surface area contributed by atoms with Gasteiger partial charge in [-0.2, -0.15) is 0 Å². The molecule has 0 fully saturated rings. The normalized spacial score (nSPS) is 11.5. The highest BCUT2D eigenvalue weighted by Crippen LogP contribution is 2.16. The molecule has 0 aliphatic rings. The van der Waals surface area contributed by atoms with E-state index >= 15 is 0 Å². The first-order valence-electron chi connectivity index (χ1n) is 9.45. The Labute approximate surface area is 162 Å². The van der Waals surface area contributed by atoms with Gasteiger partial charge >= 0.3 is 0 Å². The monoisotopic (exact) mass is 369 g/mol. The van der Waals surface area contributed by atoms with Gasteiger partial charge in [-0.1, -0.05) is 42.5 Å². The number of rotatable bonds is 9. The van der Waals surface area contributed by atoms with Gasteiger partial charge in [-0.3, -0.25) is 0 Å². The van der Waals surface area contributed by atoms with Gasteiger partial charge in [-0.15, -0.1) is 0 Å². The number of hydrogen-bond donors (Lipinski definition) is 2. The van der Waals surface area contributed by atoms with Crippen LogP contribution in [-0.2, 0) is 24.4 Å². The fraction of sp³-hybridized carbons (Fsp3) is 0.409. The molecule has 2 aromatic carbocycles. The Kier molecular flexibility index (Phi) is 8.65. The molecule has 0 aliphatic carbocycles. The average molecular weight is 370 g/mol. The maximum absolute atomic E-state index is 5.63. The SMILES string of the molecule is CCNC(=NCc1ccc(COC(C)C)cc1)NCc1ccccc1OC. The Balaban J connectivity index is 1.94. The van der Waals surface area contributed by atoms with Crippen molar-refractivity contribution in [3.05, 3.63) is 65.2 Å². The Hall–Kier alpha value is -2.53. The van der Waals surface area contributed by atoms with Crippen LogP contribution in [0.4, 0.5) is 0 Å². The summed E-state index contributed by atoms with van der Waals surface area (Å²) in [5, 5.41) is 6.65. The minimum Gasteiger partial charge on any atom is -0.496 e. The summed E-state index contributed by atoms with van der Waals surface area (Å²) in [7, 11) is 1.69. The molecular formula is C22H31N3O2. The Bertz CT molecular complexity index is 712. The molecule has 27 heavy (non-hydrogen) atoms. The number of aliphatic imine (C=N–C) groups is 1. The molecule has 0 aromatic heterocycles. The molecule has 0 aliphatic heterocycles. The van der Waals surface area contributed by atoms with Gasteiger partial charge in [0.1, 0.15) is 5.75 Å². The number of nitrogens with one attached hydrogen (secondary N) is 2. The maximum atomic E-state index is 5.63. The first-order valence-corrected chi connectivity index (χ1v) is 9.45. The van der Waals surface area contributed by atoms with E-state index in [2.05, 4.69) is 46.8 Å². The molecule has 0 radical (unpaired) electrons. The number of hydrogen-bond acceptors (Lipinski definition) is 3. The van der Waals surface area contributed by atoms with E-state index in [9.17, 15) is 0 Å². The van der Waals surface area contributed by atoms with Crippen LogP contribution < -0.4 is 15.4 Å². The topological polar surface area (TPSA) is 54.9 Å². The van der Waals surface area contributed by atoms with E-state index in [1.54, 1.807) is 7.11 Å². The lowest BCUT2D eigenvalue weighted by Gasteiger charge is -2.13. The summed E-state index contributed by atoms with van der Waals surface area (Å²) in [6.07, 6.45) is 0.242. The van der Waals surface area contributed by atoms with Gasteiger partial charge < -0.3 is 20.1 Å².